The van der Waals surface area contributed by atoms with Gasteiger partial charge in [-0.25, -0.2) is 0 Å². The first-order valence-electron chi connectivity index (χ1n) is 5.02. The summed E-state index contributed by atoms with van der Waals surface area (Å²) in [6.45, 7) is 3.87. The number of hydrogen-bond acceptors (Lipinski definition) is 3. The van der Waals surface area contributed by atoms with Gasteiger partial charge in [-0.1, -0.05) is 6.92 Å². The van der Waals surface area contributed by atoms with Crippen molar-refractivity contribution in [3.05, 3.63) is 23.7 Å². The molecule has 0 saturated carbocycles. The SMILES string of the molecule is Cc1ccc(C(C)CC(N)CC(=O)O)o1. The molecule has 0 aromatic carbocycles. The maximum atomic E-state index is 10.4. The zero-order chi connectivity index (χ0) is 11.4. The maximum absolute atomic E-state index is 10.4. The molecule has 1 aromatic rings. The van der Waals surface area contributed by atoms with E-state index in [4.69, 9.17) is 15.3 Å². The predicted octanol–water partition coefficient (Wildman–Crippen LogP) is 1.88. The van der Waals surface area contributed by atoms with Crippen molar-refractivity contribution in [3.8, 4) is 0 Å². The van der Waals surface area contributed by atoms with E-state index >= 15 is 0 Å². The molecule has 0 aliphatic carbocycles. The first kappa shape index (κ1) is 11.8. The van der Waals surface area contributed by atoms with Gasteiger partial charge in [-0.2, -0.15) is 0 Å². The van der Waals surface area contributed by atoms with Crippen LogP contribution in [0.25, 0.3) is 0 Å². The van der Waals surface area contributed by atoms with Gasteiger partial charge in [-0.15, -0.1) is 0 Å². The van der Waals surface area contributed by atoms with Crippen LogP contribution in [-0.4, -0.2) is 17.1 Å². The molecule has 0 aliphatic rings. The summed E-state index contributed by atoms with van der Waals surface area (Å²) in [6.07, 6.45) is 0.628. The molecule has 4 nitrogen and oxygen atoms in total. The fourth-order valence-corrected chi connectivity index (χ4v) is 1.60. The number of hydrogen-bond donors (Lipinski definition) is 2. The summed E-state index contributed by atoms with van der Waals surface area (Å²) in [7, 11) is 0. The molecule has 0 radical (unpaired) electrons. The van der Waals surface area contributed by atoms with Crippen molar-refractivity contribution >= 4 is 5.97 Å². The molecule has 1 rings (SSSR count). The third kappa shape index (κ3) is 3.75. The number of carbonyl (C=O) groups is 1. The smallest absolute Gasteiger partial charge is 0.304 e. The van der Waals surface area contributed by atoms with E-state index in [-0.39, 0.29) is 18.4 Å². The lowest BCUT2D eigenvalue weighted by atomic mass is 9.98. The van der Waals surface area contributed by atoms with Crippen LogP contribution < -0.4 is 5.73 Å². The Labute approximate surface area is 89.1 Å². The fourth-order valence-electron chi connectivity index (χ4n) is 1.60. The third-order valence-corrected chi connectivity index (χ3v) is 2.34. The van der Waals surface area contributed by atoms with Gasteiger partial charge in [0, 0.05) is 12.0 Å². The molecule has 2 atom stereocenters. The molecule has 0 fully saturated rings. The zero-order valence-electron chi connectivity index (χ0n) is 9.06. The van der Waals surface area contributed by atoms with Crippen LogP contribution in [-0.2, 0) is 4.79 Å². The minimum atomic E-state index is -0.856. The van der Waals surface area contributed by atoms with Crippen molar-refractivity contribution in [1.29, 1.82) is 0 Å². The predicted molar refractivity (Wildman–Crippen MR) is 56.7 cm³/mol. The Kier molecular flexibility index (Phi) is 3.91. The number of aryl methyl sites for hydroxylation is 1. The van der Waals surface area contributed by atoms with Gasteiger partial charge in [0.1, 0.15) is 11.5 Å². The first-order valence-corrected chi connectivity index (χ1v) is 5.02. The molecule has 2 unspecified atom stereocenters. The number of furan rings is 1. The Morgan fingerprint density at radius 3 is 2.73 bits per heavy atom. The largest absolute Gasteiger partial charge is 0.481 e. The van der Waals surface area contributed by atoms with Crippen LogP contribution in [0.4, 0.5) is 0 Å². The highest BCUT2D eigenvalue weighted by Crippen LogP contribution is 2.22. The van der Waals surface area contributed by atoms with Gasteiger partial charge >= 0.3 is 5.97 Å². The number of aliphatic carboxylic acids is 1. The Morgan fingerprint density at radius 2 is 2.27 bits per heavy atom. The van der Waals surface area contributed by atoms with Crippen molar-refractivity contribution in [2.24, 2.45) is 5.73 Å². The van der Waals surface area contributed by atoms with E-state index in [2.05, 4.69) is 0 Å². The molecule has 15 heavy (non-hydrogen) atoms. The van der Waals surface area contributed by atoms with E-state index in [9.17, 15) is 4.79 Å². The van der Waals surface area contributed by atoms with Gasteiger partial charge in [0.15, 0.2) is 0 Å². The van der Waals surface area contributed by atoms with Gasteiger partial charge in [0.2, 0.25) is 0 Å². The average Bonchev–Trinajstić information content (AvgIpc) is 2.49. The highest BCUT2D eigenvalue weighted by molar-refractivity contribution is 5.67. The highest BCUT2D eigenvalue weighted by atomic mass is 16.4. The standard InChI is InChI=1S/C11H17NO3/c1-7(5-9(12)6-11(13)14)10-4-3-8(2)15-10/h3-4,7,9H,5-6,12H2,1-2H3,(H,13,14). The lowest BCUT2D eigenvalue weighted by Crippen LogP contribution is -2.25. The van der Waals surface area contributed by atoms with Crippen molar-refractivity contribution in [2.45, 2.75) is 38.6 Å². The molecule has 0 aliphatic heterocycles. The minimum Gasteiger partial charge on any atom is -0.481 e. The Hall–Kier alpha value is -1.29. The van der Waals surface area contributed by atoms with Gasteiger partial charge < -0.3 is 15.3 Å². The summed E-state index contributed by atoms with van der Waals surface area (Å²) in [5.74, 6) is 1.04. The second-order valence-corrected chi connectivity index (χ2v) is 3.94. The molecule has 0 saturated heterocycles. The van der Waals surface area contributed by atoms with Crippen LogP contribution in [0.15, 0.2) is 16.5 Å². The Balaban J connectivity index is 2.48. The van der Waals surface area contributed by atoms with Crippen molar-refractivity contribution < 1.29 is 14.3 Å². The van der Waals surface area contributed by atoms with Crippen molar-refractivity contribution in [2.75, 3.05) is 0 Å². The fraction of sp³-hybridized carbons (Fsp3) is 0.545. The quantitative estimate of drug-likeness (QED) is 0.779. The lowest BCUT2D eigenvalue weighted by Gasteiger charge is -2.13. The highest BCUT2D eigenvalue weighted by Gasteiger charge is 2.16. The number of carboxylic acids is 1. The molecule has 0 spiro atoms. The van der Waals surface area contributed by atoms with Crippen LogP contribution in [0.1, 0.15) is 37.2 Å². The molecule has 0 bridgehead atoms. The molecule has 84 valence electrons. The monoisotopic (exact) mass is 211 g/mol. The van der Waals surface area contributed by atoms with E-state index in [1.165, 1.54) is 0 Å². The summed E-state index contributed by atoms with van der Waals surface area (Å²) in [5.41, 5.74) is 5.70. The second-order valence-electron chi connectivity index (χ2n) is 3.94. The number of rotatable bonds is 5. The molecular weight excluding hydrogens is 194 g/mol. The second kappa shape index (κ2) is 4.98. The van der Waals surface area contributed by atoms with Crippen molar-refractivity contribution in [1.82, 2.24) is 0 Å². The van der Waals surface area contributed by atoms with E-state index in [0.717, 1.165) is 11.5 Å². The van der Waals surface area contributed by atoms with E-state index in [1.54, 1.807) is 0 Å². The summed E-state index contributed by atoms with van der Waals surface area (Å²) >= 11 is 0. The molecular formula is C11H17NO3. The van der Waals surface area contributed by atoms with E-state index in [1.807, 2.05) is 26.0 Å². The lowest BCUT2D eigenvalue weighted by molar-refractivity contribution is -0.137. The van der Waals surface area contributed by atoms with Crippen molar-refractivity contribution in [3.63, 3.8) is 0 Å². The van der Waals surface area contributed by atoms with Gasteiger partial charge in [0.05, 0.1) is 6.42 Å². The molecule has 1 heterocycles. The Morgan fingerprint density at radius 1 is 1.60 bits per heavy atom. The van der Waals surface area contributed by atoms with Gasteiger partial charge in [-0.05, 0) is 25.5 Å². The summed E-state index contributed by atoms with van der Waals surface area (Å²) in [4.78, 5) is 10.4. The van der Waals surface area contributed by atoms with Crippen LogP contribution in [0.3, 0.4) is 0 Å². The van der Waals surface area contributed by atoms with Gasteiger partial charge in [0.25, 0.3) is 0 Å². The van der Waals surface area contributed by atoms with Crippen LogP contribution in [0.5, 0.6) is 0 Å². The Bertz CT molecular complexity index is 332. The molecule has 4 heteroatoms. The molecule has 1 aromatic heterocycles. The number of carboxylic acid groups (broad SMARTS) is 1. The normalized spacial score (nSPS) is 14.9. The van der Waals surface area contributed by atoms with E-state index < -0.39 is 5.97 Å². The molecule has 0 amide bonds. The van der Waals surface area contributed by atoms with E-state index in [0.29, 0.717) is 6.42 Å². The summed E-state index contributed by atoms with van der Waals surface area (Å²) < 4.78 is 5.45. The number of nitrogens with two attached hydrogens (primary N) is 1. The van der Waals surface area contributed by atoms with Gasteiger partial charge in [-0.3, -0.25) is 4.79 Å². The summed E-state index contributed by atoms with van der Waals surface area (Å²) in [6, 6.07) is 3.49. The summed E-state index contributed by atoms with van der Waals surface area (Å²) in [5, 5.41) is 8.57. The third-order valence-electron chi connectivity index (χ3n) is 2.34. The zero-order valence-corrected chi connectivity index (χ0v) is 9.06. The van der Waals surface area contributed by atoms with Crippen LogP contribution in [0, 0.1) is 6.92 Å². The molecule has 3 N–H and O–H groups in total. The first-order chi connectivity index (χ1) is 6.99. The van der Waals surface area contributed by atoms with Crippen LogP contribution >= 0.6 is 0 Å². The minimum absolute atomic E-state index is 0.00400. The topological polar surface area (TPSA) is 76.5 Å². The van der Waals surface area contributed by atoms with Crippen LogP contribution in [0.2, 0.25) is 0 Å². The maximum Gasteiger partial charge on any atom is 0.304 e. The average molecular weight is 211 g/mol.